The summed E-state index contributed by atoms with van der Waals surface area (Å²) in [6.07, 6.45) is 12.1. The molecule has 7 rings (SSSR count). The van der Waals surface area contributed by atoms with E-state index in [1.807, 2.05) is 46.0 Å². The third-order valence-electron chi connectivity index (χ3n) is 15.1. The fourth-order valence-electron chi connectivity index (χ4n) is 11.3. The molecule has 1 spiro atoms. The Morgan fingerprint density at radius 1 is 0.875 bits per heavy atom. The van der Waals surface area contributed by atoms with Gasteiger partial charge in [-0.05, 0) is 69.9 Å². The summed E-state index contributed by atoms with van der Waals surface area (Å²) in [5, 5.41) is 16.1. The van der Waals surface area contributed by atoms with Crippen LogP contribution in [0.1, 0.15) is 93.9 Å². The van der Waals surface area contributed by atoms with E-state index in [1.54, 1.807) is 27.4 Å². The van der Waals surface area contributed by atoms with Gasteiger partial charge >= 0.3 is 5.97 Å². The number of nitrogens with one attached hydrogen (secondary N) is 1. The Bertz CT molecular complexity index is 1770. The molecule has 1 unspecified atom stereocenters. The molecule has 14 nitrogen and oxygen atoms in total. The van der Waals surface area contributed by atoms with Crippen molar-refractivity contribution in [3.8, 4) is 0 Å². The lowest BCUT2D eigenvalue weighted by molar-refractivity contribution is -0.312. The van der Waals surface area contributed by atoms with Crippen molar-refractivity contribution in [2.45, 2.75) is 191 Å². The van der Waals surface area contributed by atoms with E-state index in [0.717, 1.165) is 17.6 Å². The van der Waals surface area contributed by atoms with E-state index in [2.05, 4.69) is 58.2 Å². The van der Waals surface area contributed by atoms with E-state index in [-0.39, 0.29) is 67.0 Å². The van der Waals surface area contributed by atoms with Gasteiger partial charge in [-0.2, -0.15) is 0 Å². The smallest absolute Gasteiger partial charge is 0.316 e. The number of hydrogen-bond acceptors (Lipinski definition) is 14. The number of fused-ring (bicyclic) bond motifs is 2. The summed E-state index contributed by atoms with van der Waals surface area (Å²) in [6.45, 7) is 16.8. The molecule has 14 heteroatoms. The van der Waals surface area contributed by atoms with Gasteiger partial charge < -0.3 is 62.5 Å². The summed E-state index contributed by atoms with van der Waals surface area (Å²) < 4.78 is 70.9. The molecular formula is C50H77NO13. The van der Waals surface area contributed by atoms with Crippen molar-refractivity contribution in [2.24, 2.45) is 23.7 Å². The fraction of sp³-hybridized carbons (Fsp3) is 0.780. The second-order valence-corrected chi connectivity index (χ2v) is 19.5. The molecule has 6 aliphatic heterocycles. The van der Waals surface area contributed by atoms with E-state index < -0.39 is 66.4 Å². The van der Waals surface area contributed by atoms with Crippen LogP contribution in [0, 0.1) is 23.7 Å². The van der Waals surface area contributed by atoms with E-state index in [9.17, 15) is 9.90 Å². The third kappa shape index (κ3) is 10.1. The molecule has 6 heterocycles. The Balaban J connectivity index is 1.18. The highest BCUT2D eigenvalue weighted by molar-refractivity contribution is 5.78. The molecule has 7 aliphatic rings. The highest BCUT2D eigenvalue weighted by Gasteiger charge is 2.60. The number of ether oxygens (including phenoxy) is 11. The van der Waals surface area contributed by atoms with Gasteiger partial charge in [0.1, 0.15) is 35.9 Å². The Hall–Kier alpha value is -2.31. The molecule has 0 radical (unpaired) electrons. The number of allylic oxidation sites excluding steroid dienone is 2. The average molecular weight is 900 g/mol. The zero-order chi connectivity index (χ0) is 46.1. The number of aliphatic hydroxyl groups is 1. The quantitative estimate of drug-likeness (QED) is 0.188. The van der Waals surface area contributed by atoms with E-state index >= 15 is 0 Å². The van der Waals surface area contributed by atoms with Gasteiger partial charge in [-0.3, -0.25) is 4.79 Å². The Morgan fingerprint density at radius 2 is 1.59 bits per heavy atom. The summed E-state index contributed by atoms with van der Waals surface area (Å²) in [4.78, 5) is 14.5. The van der Waals surface area contributed by atoms with Gasteiger partial charge in [-0.25, -0.2) is 0 Å². The predicted octanol–water partition coefficient (Wildman–Crippen LogP) is 6.26. The van der Waals surface area contributed by atoms with Gasteiger partial charge in [0, 0.05) is 58.8 Å². The van der Waals surface area contributed by atoms with Crippen LogP contribution in [0.3, 0.4) is 0 Å². The molecule has 0 amide bonds. The lowest BCUT2D eigenvalue weighted by atomic mass is 9.70. The van der Waals surface area contributed by atoms with Crippen molar-refractivity contribution < 1.29 is 62.0 Å². The molecule has 2 N–H and O–H groups in total. The van der Waals surface area contributed by atoms with Crippen LogP contribution >= 0.6 is 0 Å². The van der Waals surface area contributed by atoms with Crippen molar-refractivity contribution >= 4 is 5.97 Å². The first-order valence-corrected chi connectivity index (χ1v) is 23.8. The lowest BCUT2D eigenvalue weighted by Gasteiger charge is -2.48. The van der Waals surface area contributed by atoms with Crippen molar-refractivity contribution in [2.75, 3.05) is 35.0 Å². The maximum Gasteiger partial charge on any atom is 0.316 e. The normalized spacial score (nSPS) is 48.0. The fourth-order valence-corrected chi connectivity index (χ4v) is 11.3. The zero-order valence-electron chi connectivity index (χ0n) is 40.2. The average Bonchev–Trinajstić information content (AvgIpc) is 3.60. The number of carbonyl (C=O) groups excluding carboxylic acids is 1. The summed E-state index contributed by atoms with van der Waals surface area (Å²) in [7, 11) is 6.92. The third-order valence-corrected chi connectivity index (χ3v) is 15.1. The molecular weight excluding hydrogens is 823 g/mol. The second-order valence-electron chi connectivity index (χ2n) is 19.5. The molecule has 360 valence electrons. The predicted molar refractivity (Wildman–Crippen MR) is 239 cm³/mol. The number of likely N-dealkylation sites (N-methyl/N-ethyl adjacent to an activating group) is 1. The molecule has 4 saturated heterocycles. The number of carbonyl (C=O) groups is 1. The van der Waals surface area contributed by atoms with Crippen molar-refractivity contribution in [3.05, 3.63) is 59.3 Å². The van der Waals surface area contributed by atoms with Gasteiger partial charge in [0.2, 0.25) is 0 Å². The van der Waals surface area contributed by atoms with Crippen molar-refractivity contribution in [3.63, 3.8) is 0 Å². The van der Waals surface area contributed by atoms with Crippen LogP contribution in [0.5, 0.6) is 0 Å². The van der Waals surface area contributed by atoms with Crippen LogP contribution in [0.15, 0.2) is 59.3 Å². The molecule has 4 fully saturated rings. The monoisotopic (exact) mass is 900 g/mol. The van der Waals surface area contributed by atoms with Crippen molar-refractivity contribution in [1.82, 2.24) is 5.32 Å². The van der Waals surface area contributed by atoms with Crippen LogP contribution in [0.2, 0.25) is 0 Å². The van der Waals surface area contributed by atoms with Gasteiger partial charge in [0.15, 0.2) is 18.4 Å². The maximum atomic E-state index is 14.5. The van der Waals surface area contributed by atoms with Gasteiger partial charge in [-0.1, -0.05) is 70.6 Å². The number of methoxy groups -OCH3 is 3. The molecule has 0 aromatic rings. The molecule has 20 atom stereocenters. The number of hydrogen-bond donors (Lipinski definition) is 2. The lowest BCUT2D eigenvalue weighted by Crippen LogP contribution is -2.58. The first-order chi connectivity index (χ1) is 30.6. The zero-order valence-corrected chi connectivity index (χ0v) is 40.2. The minimum Gasteiger partial charge on any atom is -0.462 e. The largest absolute Gasteiger partial charge is 0.462 e. The first-order valence-electron chi connectivity index (χ1n) is 23.8. The second kappa shape index (κ2) is 20.9. The molecule has 0 aromatic heterocycles. The minimum absolute atomic E-state index is 0.0490. The topological polar surface area (TPSA) is 151 Å². The standard InChI is InChI=1S/C50H77NO13/c1-13-27(2)44-30(5)19-20-49(64-44)25-36-22-35(63-49)18-17-29(4)43(28(3)15-14-16-34-26-57-47-45(56-12)31(6)21-37(48(52)60-36)50(34,47)53)61-41-24-39(55-11)46(33(8)59-41)62-40-23-38(54-10)42(51-9)32(7)58-40/h14-17,19-21,27-28,30,32-33,35-47,51,53H,13,18,22-26H2,1-12H3/b15-14+,29-17+,34-16+/t27?,28-,30-,32-,33-,35+,36-,37-,38-,39-,40-,41-,42+,43-,44+,45+,46-,47+,49+,50+/m0/s1. The summed E-state index contributed by atoms with van der Waals surface area (Å²) >= 11 is 0. The summed E-state index contributed by atoms with van der Waals surface area (Å²) in [5.41, 5.74) is 0.672. The van der Waals surface area contributed by atoms with Crippen LogP contribution in [0.4, 0.5) is 0 Å². The van der Waals surface area contributed by atoms with Crippen LogP contribution in [0.25, 0.3) is 0 Å². The molecule has 0 aromatic carbocycles. The minimum atomic E-state index is -1.70. The van der Waals surface area contributed by atoms with Gasteiger partial charge in [0.05, 0.1) is 55.4 Å². The maximum absolute atomic E-state index is 14.5. The van der Waals surface area contributed by atoms with E-state index in [0.29, 0.717) is 37.7 Å². The van der Waals surface area contributed by atoms with Gasteiger partial charge in [-0.15, -0.1) is 0 Å². The molecule has 2 bridgehead atoms. The number of esters is 1. The van der Waals surface area contributed by atoms with E-state index in [1.165, 1.54) is 0 Å². The Morgan fingerprint density at radius 3 is 2.30 bits per heavy atom. The molecule has 0 saturated carbocycles. The molecule has 1 aliphatic carbocycles. The van der Waals surface area contributed by atoms with E-state index in [4.69, 9.17) is 52.1 Å². The highest BCUT2D eigenvalue weighted by atomic mass is 16.7. The Kier molecular flexibility index (Phi) is 16.2. The molecule has 64 heavy (non-hydrogen) atoms. The SMILES string of the molecule is CCC(C)[C@H]1O[C@]2(C=C[C@@H]1C)C[C@@H]1C[C@@H](C/C=C(\C)[C@@H](O[C@H]3C[C@H](OC)[C@@H](O[C@H]4C[C@H](OC)[C@H](NC)[C@H](C)O4)[C@H](C)O3)[C@@H](C)/C=C/C=C3\CO[C@@H]4[C@H](OC)C(C)=C[C@@H](C(=O)O1)[C@]34O)O2. The van der Waals surface area contributed by atoms with Crippen LogP contribution < -0.4 is 5.32 Å². The Labute approximate surface area is 381 Å². The van der Waals surface area contributed by atoms with Gasteiger partial charge in [0.25, 0.3) is 0 Å². The summed E-state index contributed by atoms with van der Waals surface area (Å²) in [6, 6.07) is 0.0490. The van der Waals surface area contributed by atoms with Crippen LogP contribution in [-0.2, 0) is 56.9 Å². The van der Waals surface area contributed by atoms with Crippen molar-refractivity contribution in [1.29, 1.82) is 0 Å². The number of rotatable bonds is 10. The summed E-state index contributed by atoms with van der Waals surface area (Å²) in [5.74, 6) is -2.30. The highest BCUT2D eigenvalue weighted by Crippen LogP contribution is 2.48. The first kappa shape index (κ1) is 49.6. The van der Waals surface area contributed by atoms with Crippen LogP contribution in [-0.4, -0.2) is 143 Å².